The molecule has 0 aliphatic heterocycles. The van der Waals surface area contributed by atoms with Crippen LogP contribution in [0.1, 0.15) is 18.5 Å². The van der Waals surface area contributed by atoms with Crippen molar-refractivity contribution >= 4 is 22.6 Å². The highest BCUT2D eigenvalue weighted by Crippen LogP contribution is 2.14. The van der Waals surface area contributed by atoms with Gasteiger partial charge in [-0.15, -0.1) is 0 Å². The normalized spacial score (nSPS) is 15.7. The van der Waals surface area contributed by atoms with Gasteiger partial charge in [0.1, 0.15) is 0 Å². The van der Waals surface area contributed by atoms with Crippen molar-refractivity contribution in [3.05, 3.63) is 33.4 Å². The molecule has 0 aromatic heterocycles. The number of benzene rings is 1. The molecule has 0 bridgehead atoms. The lowest BCUT2D eigenvalue weighted by Gasteiger charge is -2.15. The van der Waals surface area contributed by atoms with E-state index in [0.717, 1.165) is 5.56 Å². The van der Waals surface area contributed by atoms with Crippen LogP contribution in [0.2, 0.25) is 0 Å². The molecule has 0 aliphatic rings. The Balaban J connectivity index is 2.82. The van der Waals surface area contributed by atoms with E-state index >= 15 is 0 Å². The van der Waals surface area contributed by atoms with Crippen LogP contribution in [0, 0.1) is 3.57 Å². The van der Waals surface area contributed by atoms with E-state index in [2.05, 4.69) is 22.6 Å². The molecule has 0 aliphatic carbocycles. The minimum Gasteiger partial charge on any atom is -0.326 e. The molecule has 1 aromatic carbocycles. The molecule has 0 saturated heterocycles. The summed E-state index contributed by atoms with van der Waals surface area (Å²) in [5.74, 6) is 0. The predicted molar refractivity (Wildman–Crippen MR) is 59.7 cm³/mol. The lowest BCUT2D eigenvalue weighted by Crippen LogP contribution is -2.30. The van der Waals surface area contributed by atoms with Crippen LogP contribution in [0.4, 0.5) is 0 Å². The van der Waals surface area contributed by atoms with Gasteiger partial charge in [-0.05, 0) is 47.2 Å². The summed E-state index contributed by atoms with van der Waals surface area (Å²) in [7, 11) is 0. The van der Waals surface area contributed by atoms with Gasteiger partial charge in [0.15, 0.2) is 0 Å². The lowest BCUT2D eigenvalue weighted by molar-refractivity contribution is 0.589. The Morgan fingerprint density at radius 3 is 2.08 bits per heavy atom. The van der Waals surface area contributed by atoms with Crippen LogP contribution in [0.3, 0.4) is 0 Å². The minimum absolute atomic E-state index is 0.00469. The first-order valence-corrected chi connectivity index (χ1v) is 4.96. The van der Waals surface area contributed by atoms with Crippen molar-refractivity contribution in [2.75, 3.05) is 0 Å². The maximum atomic E-state index is 5.86. The van der Waals surface area contributed by atoms with Crippen molar-refractivity contribution in [3.8, 4) is 0 Å². The van der Waals surface area contributed by atoms with E-state index in [9.17, 15) is 0 Å². The highest BCUT2D eigenvalue weighted by molar-refractivity contribution is 14.1. The average Bonchev–Trinajstić information content (AvgIpc) is 2.04. The van der Waals surface area contributed by atoms with Crippen LogP contribution < -0.4 is 11.5 Å². The Bertz CT molecular complexity index is 243. The molecule has 1 aromatic rings. The van der Waals surface area contributed by atoms with Gasteiger partial charge in [-0.25, -0.2) is 0 Å². The van der Waals surface area contributed by atoms with Gasteiger partial charge in [-0.3, -0.25) is 0 Å². The van der Waals surface area contributed by atoms with Gasteiger partial charge in [-0.1, -0.05) is 12.1 Å². The Kier molecular flexibility index (Phi) is 3.49. The van der Waals surface area contributed by atoms with Crippen LogP contribution in [0.25, 0.3) is 0 Å². The summed E-state index contributed by atoms with van der Waals surface area (Å²) >= 11 is 2.27. The fourth-order valence-corrected chi connectivity index (χ4v) is 1.35. The molecule has 0 radical (unpaired) electrons. The standard InChI is InChI=1S/C9H13IN2/c1-6(11)9(12)7-2-4-8(10)5-3-7/h2-6,9H,11-12H2,1H3. The lowest BCUT2D eigenvalue weighted by atomic mass is 10.0. The van der Waals surface area contributed by atoms with Gasteiger partial charge in [0.2, 0.25) is 0 Å². The van der Waals surface area contributed by atoms with Crippen molar-refractivity contribution in [1.29, 1.82) is 0 Å². The fourth-order valence-electron chi connectivity index (χ4n) is 0.989. The Hall–Kier alpha value is -0.130. The van der Waals surface area contributed by atoms with Gasteiger partial charge in [0.25, 0.3) is 0 Å². The maximum absolute atomic E-state index is 5.86. The van der Waals surface area contributed by atoms with Gasteiger partial charge >= 0.3 is 0 Å². The fraction of sp³-hybridized carbons (Fsp3) is 0.333. The summed E-state index contributed by atoms with van der Waals surface area (Å²) in [6.45, 7) is 1.92. The molecular formula is C9H13IN2. The molecular weight excluding hydrogens is 263 g/mol. The zero-order chi connectivity index (χ0) is 9.14. The summed E-state index contributed by atoms with van der Waals surface area (Å²) in [6.07, 6.45) is 0. The van der Waals surface area contributed by atoms with E-state index in [1.807, 2.05) is 31.2 Å². The highest BCUT2D eigenvalue weighted by atomic mass is 127. The third-order valence-electron chi connectivity index (χ3n) is 1.82. The van der Waals surface area contributed by atoms with Crippen LogP contribution in [-0.4, -0.2) is 6.04 Å². The molecule has 4 N–H and O–H groups in total. The predicted octanol–water partition coefficient (Wildman–Crippen LogP) is 1.64. The number of nitrogens with two attached hydrogens (primary N) is 2. The van der Waals surface area contributed by atoms with E-state index in [-0.39, 0.29) is 12.1 Å². The summed E-state index contributed by atoms with van der Waals surface area (Å²) < 4.78 is 1.22. The van der Waals surface area contributed by atoms with E-state index < -0.39 is 0 Å². The van der Waals surface area contributed by atoms with Crippen LogP contribution in [0.5, 0.6) is 0 Å². The van der Waals surface area contributed by atoms with E-state index in [1.165, 1.54) is 3.57 Å². The van der Waals surface area contributed by atoms with Crippen molar-refractivity contribution < 1.29 is 0 Å². The van der Waals surface area contributed by atoms with Gasteiger partial charge in [0, 0.05) is 15.7 Å². The Labute approximate surface area is 86.5 Å². The first-order valence-electron chi connectivity index (χ1n) is 3.88. The van der Waals surface area contributed by atoms with Crippen molar-refractivity contribution in [2.45, 2.75) is 19.0 Å². The smallest absolute Gasteiger partial charge is 0.0445 e. The molecule has 2 unspecified atom stereocenters. The molecule has 66 valence electrons. The summed E-state index contributed by atoms with van der Waals surface area (Å²) in [4.78, 5) is 0. The monoisotopic (exact) mass is 276 g/mol. The highest BCUT2D eigenvalue weighted by Gasteiger charge is 2.09. The first kappa shape index (κ1) is 9.95. The molecule has 0 saturated carbocycles. The van der Waals surface area contributed by atoms with E-state index in [4.69, 9.17) is 11.5 Å². The van der Waals surface area contributed by atoms with Crippen molar-refractivity contribution in [1.82, 2.24) is 0 Å². The second-order valence-electron chi connectivity index (χ2n) is 2.94. The molecule has 2 nitrogen and oxygen atoms in total. The second kappa shape index (κ2) is 4.20. The molecule has 0 spiro atoms. The zero-order valence-corrected chi connectivity index (χ0v) is 9.15. The topological polar surface area (TPSA) is 52.0 Å². The van der Waals surface area contributed by atoms with Gasteiger partial charge in [-0.2, -0.15) is 0 Å². The number of halogens is 1. The Morgan fingerprint density at radius 1 is 1.17 bits per heavy atom. The van der Waals surface area contributed by atoms with Crippen LogP contribution in [0.15, 0.2) is 24.3 Å². The van der Waals surface area contributed by atoms with Gasteiger partial charge in [0.05, 0.1) is 0 Å². The number of rotatable bonds is 2. The maximum Gasteiger partial charge on any atom is 0.0445 e. The third-order valence-corrected chi connectivity index (χ3v) is 2.54. The quantitative estimate of drug-likeness (QED) is 0.807. The van der Waals surface area contributed by atoms with Crippen molar-refractivity contribution in [2.24, 2.45) is 11.5 Å². The molecule has 3 heteroatoms. The molecule has 2 atom stereocenters. The minimum atomic E-state index is -0.0537. The first-order chi connectivity index (χ1) is 5.61. The van der Waals surface area contributed by atoms with E-state index in [1.54, 1.807) is 0 Å². The van der Waals surface area contributed by atoms with E-state index in [0.29, 0.717) is 0 Å². The summed E-state index contributed by atoms with van der Waals surface area (Å²) in [5, 5.41) is 0. The molecule has 12 heavy (non-hydrogen) atoms. The molecule has 0 fully saturated rings. The largest absolute Gasteiger partial charge is 0.326 e. The summed E-state index contributed by atoms with van der Waals surface area (Å²) in [6, 6.07) is 8.08. The number of hydrogen-bond donors (Lipinski definition) is 2. The Morgan fingerprint density at radius 2 is 1.67 bits per heavy atom. The SMILES string of the molecule is CC(N)C(N)c1ccc(I)cc1. The van der Waals surface area contributed by atoms with Crippen molar-refractivity contribution in [3.63, 3.8) is 0 Å². The van der Waals surface area contributed by atoms with Gasteiger partial charge < -0.3 is 11.5 Å². The average molecular weight is 276 g/mol. The molecule has 0 heterocycles. The summed E-state index contributed by atoms with van der Waals surface area (Å²) in [5.41, 5.74) is 12.6. The number of hydrogen-bond acceptors (Lipinski definition) is 2. The van der Waals surface area contributed by atoms with Crippen LogP contribution >= 0.6 is 22.6 Å². The zero-order valence-electron chi connectivity index (χ0n) is 7.00. The third kappa shape index (κ3) is 2.43. The van der Waals surface area contributed by atoms with Crippen LogP contribution in [-0.2, 0) is 0 Å². The molecule has 0 amide bonds. The molecule has 1 rings (SSSR count). The second-order valence-corrected chi connectivity index (χ2v) is 4.18.